The van der Waals surface area contributed by atoms with Crippen molar-refractivity contribution in [3.8, 4) is 0 Å². The van der Waals surface area contributed by atoms with Crippen LogP contribution >= 0.6 is 0 Å². The van der Waals surface area contributed by atoms with E-state index in [1.807, 2.05) is 24.3 Å². The number of benzene rings is 2. The Balaban J connectivity index is 1.93. The van der Waals surface area contributed by atoms with Crippen molar-refractivity contribution in [1.29, 1.82) is 0 Å². The molecule has 3 rings (SSSR count). The first-order chi connectivity index (χ1) is 8.66. The molecule has 0 radical (unpaired) electrons. The SMILES string of the molecule is NC(c1cc(F)ccc1F)C1Cc2ccccc21. The lowest BCUT2D eigenvalue weighted by Crippen LogP contribution is -2.29. The molecule has 0 amide bonds. The molecular weight excluding hydrogens is 232 g/mol. The van der Waals surface area contributed by atoms with Crippen LogP contribution in [0.25, 0.3) is 0 Å². The van der Waals surface area contributed by atoms with Gasteiger partial charge in [0, 0.05) is 17.5 Å². The average Bonchev–Trinajstić information content (AvgIpc) is 2.33. The van der Waals surface area contributed by atoms with Gasteiger partial charge in [-0.2, -0.15) is 0 Å². The monoisotopic (exact) mass is 245 g/mol. The Morgan fingerprint density at radius 1 is 1.11 bits per heavy atom. The first kappa shape index (κ1) is 11.4. The molecule has 0 aromatic heterocycles. The normalized spacial score (nSPS) is 18.9. The highest BCUT2D eigenvalue weighted by molar-refractivity contribution is 5.43. The van der Waals surface area contributed by atoms with Crippen molar-refractivity contribution < 1.29 is 8.78 Å². The topological polar surface area (TPSA) is 26.0 Å². The lowest BCUT2D eigenvalue weighted by Gasteiger charge is -2.35. The highest BCUT2D eigenvalue weighted by Crippen LogP contribution is 2.42. The van der Waals surface area contributed by atoms with Gasteiger partial charge in [0.2, 0.25) is 0 Å². The highest BCUT2D eigenvalue weighted by atomic mass is 19.1. The highest BCUT2D eigenvalue weighted by Gasteiger charge is 2.32. The molecule has 0 bridgehead atoms. The molecule has 0 spiro atoms. The lowest BCUT2D eigenvalue weighted by molar-refractivity contribution is 0.472. The van der Waals surface area contributed by atoms with Gasteiger partial charge in [0.15, 0.2) is 0 Å². The summed E-state index contributed by atoms with van der Waals surface area (Å²) in [7, 11) is 0. The number of rotatable bonds is 2. The predicted molar refractivity (Wildman–Crippen MR) is 66.2 cm³/mol. The Morgan fingerprint density at radius 2 is 1.89 bits per heavy atom. The summed E-state index contributed by atoms with van der Waals surface area (Å²) in [5.74, 6) is -0.805. The molecule has 18 heavy (non-hydrogen) atoms. The van der Waals surface area contributed by atoms with E-state index >= 15 is 0 Å². The van der Waals surface area contributed by atoms with Crippen molar-refractivity contribution in [1.82, 2.24) is 0 Å². The van der Waals surface area contributed by atoms with E-state index in [-0.39, 0.29) is 11.5 Å². The molecule has 2 unspecified atom stereocenters. The molecule has 1 nitrogen and oxygen atoms in total. The second kappa shape index (κ2) is 4.18. The third-order valence-electron chi connectivity index (χ3n) is 3.65. The van der Waals surface area contributed by atoms with E-state index in [0.29, 0.717) is 0 Å². The molecule has 2 N–H and O–H groups in total. The summed E-state index contributed by atoms with van der Waals surface area (Å²) in [5, 5.41) is 0. The first-order valence-corrected chi connectivity index (χ1v) is 5.95. The summed E-state index contributed by atoms with van der Waals surface area (Å²) >= 11 is 0. The van der Waals surface area contributed by atoms with Gasteiger partial charge in [0.1, 0.15) is 11.6 Å². The van der Waals surface area contributed by atoms with Crippen molar-refractivity contribution in [3.05, 3.63) is 70.8 Å². The van der Waals surface area contributed by atoms with Gasteiger partial charge in [-0.05, 0) is 35.7 Å². The van der Waals surface area contributed by atoms with Crippen molar-refractivity contribution in [2.75, 3.05) is 0 Å². The van der Waals surface area contributed by atoms with Gasteiger partial charge in [-0.15, -0.1) is 0 Å². The van der Waals surface area contributed by atoms with E-state index in [9.17, 15) is 8.78 Å². The van der Waals surface area contributed by atoms with Crippen LogP contribution in [0.3, 0.4) is 0 Å². The lowest BCUT2D eigenvalue weighted by atomic mass is 9.72. The summed E-state index contributed by atoms with van der Waals surface area (Å²) in [6, 6.07) is 10.9. The fourth-order valence-corrected chi connectivity index (χ4v) is 2.60. The number of halogens is 2. The summed E-state index contributed by atoms with van der Waals surface area (Å²) in [6.07, 6.45) is 0.827. The summed E-state index contributed by atoms with van der Waals surface area (Å²) in [6.45, 7) is 0. The van der Waals surface area contributed by atoms with Gasteiger partial charge >= 0.3 is 0 Å². The molecule has 1 aliphatic rings. The van der Waals surface area contributed by atoms with Crippen molar-refractivity contribution >= 4 is 0 Å². The summed E-state index contributed by atoms with van der Waals surface area (Å²) < 4.78 is 26.8. The third-order valence-corrected chi connectivity index (χ3v) is 3.65. The van der Waals surface area contributed by atoms with Crippen molar-refractivity contribution in [2.24, 2.45) is 5.73 Å². The van der Waals surface area contributed by atoms with Crippen LogP contribution in [-0.2, 0) is 6.42 Å². The zero-order chi connectivity index (χ0) is 12.7. The average molecular weight is 245 g/mol. The van der Waals surface area contributed by atoms with Crippen LogP contribution in [0.4, 0.5) is 8.78 Å². The molecular formula is C15H13F2N. The summed E-state index contributed by atoms with van der Waals surface area (Å²) in [4.78, 5) is 0. The van der Waals surface area contributed by atoms with E-state index < -0.39 is 17.7 Å². The zero-order valence-electron chi connectivity index (χ0n) is 9.74. The largest absolute Gasteiger partial charge is 0.323 e. The van der Waals surface area contributed by atoms with Crippen LogP contribution in [0.15, 0.2) is 42.5 Å². The maximum absolute atomic E-state index is 13.7. The van der Waals surface area contributed by atoms with E-state index in [0.717, 1.165) is 24.1 Å². The number of hydrogen-bond acceptors (Lipinski definition) is 1. The standard InChI is InChI=1S/C15H13F2N/c16-10-5-6-14(17)13(8-10)15(18)12-7-9-3-1-2-4-11(9)12/h1-6,8,12,15H,7,18H2. The molecule has 0 fully saturated rings. The van der Waals surface area contributed by atoms with Crippen molar-refractivity contribution in [3.63, 3.8) is 0 Å². The minimum atomic E-state index is -0.490. The second-order valence-electron chi connectivity index (χ2n) is 4.70. The number of nitrogens with two attached hydrogens (primary N) is 1. The van der Waals surface area contributed by atoms with Crippen LogP contribution in [-0.4, -0.2) is 0 Å². The van der Waals surface area contributed by atoms with Gasteiger partial charge in [-0.25, -0.2) is 8.78 Å². The second-order valence-corrected chi connectivity index (χ2v) is 4.70. The fourth-order valence-electron chi connectivity index (χ4n) is 2.60. The van der Waals surface area contributed by atoms with Gasteiger partial charge < -0.3 is 5.73 Å². The summed E-state index contributed by atoms with van der Waals surface area (Å²) in [5.41, 5.74) is 8.73. The van der Waals surface area contributed by atoms with E-state index in [2.05, 4.69) is 0 Å². The Morgan fingerprint density at radius 3 is 2.67 bits per heavy atom. The van der Waals surface area contributed by atoms with E-state index in [4.69, 9.17) is 5.73 Å². The maximum Gasteiger partial charge on any atom is 0.128 e. The third kappa shape index (κ3) is 1.71. The van der Waals surface area contributed by atoms with Crippen LogP contribution < -0.4 is 5.73 Å². The van der Waals surface area contributed by atoms with Crippen molar-refractivity contribution in [2.45, 2.75) is 18.4 Å². The molecule has 2 aromatic rings. The van der Waals surface area contributed by atoms with Gasteiger partial charge in [-0.3, -0.25) is 0 Å². The number of hydrogen-bond donors (Lipinski definition) is 1. The quantitative estimate of drug-likeness (QED) is 0.863. The van der Waals surface area contributed by atoms with Crippen LogP contribution in [0, 0.1) is 11.6 Å². The van der Waals surface area contributed by atoms with E-state index in [1.165, 1.54) is 11.6 Å². The van der Waals surface area contributed by atoms with Crippen LogP contribution in [0.2, 0.25) is 0 Å². The minimum absolute atomic E-state index is 0.0810. The number of fused-ring (bicyclic) bond motifs is 1. The van der Waals surface area contributed by atoms with Crippen LogP contribution in [0.5, 0.6) is 0 Å². The molecule has 2 aromatic carbocycles. The molecule has 0 saturated carbocycles. The van der Waals surface area contributed by atoms with E-state index in [1.54, 1.807) is 0 Å². The molecule has 0 heterocycles. The Kier molecular flexibility index (Phi) is 2.63. The zero-order valence-corrected chi connectivity index (χ0v) is 9.74. The molecule has 1 aliphatic carbocycles. The molecule has 0 saturated heterocycles. The predicted octanol–water partition coefficient (Wildman–Crippen LogP) is 3.30. The molecule has 92 valence electrons. The van der Waals surface area contributed by atoms with Gasteiger partial charge in [-0.1, -0.05) is 24.3 Å². The first-order valence-electron chi connectivity index (χ1n) is 5.95. The van der Waals surface area contributed by atoms with Gasteiger partial charge in [0.05, 0.1) is 0 Å². The maximum atomic E-state index is 13.7. The Labute approximate surface area is 104 Å². The molecule has 0 aliphatic heterocycles. The Hall–Kier alpha value is -1.74. The minimum Gasteiger partial charge on any atom is -0.323 e. The molecule has 2 atom stereocenters. The fraction of sp³-hybridized carbons (Fsp3) is 0.200. The van der Waals surface area contributed by atoms with Gasteiger partial charge in [0.25, 0.3) is 0 Å². The Bertz CT molecular complexity index is 595. The smallest absolute Gasteiger partial charge is 0.128 e. The van der Waals surface area contributed by atoms with Crippen LogP contribution in [0.1, 0.15) is 28.7 Å². The molecule has 3 heteroatoms.